The van der Waals surface area contributed by atoms with E-state index < -0.39 is 0 Å². The highest BCUT2D eigenvalue weighted by atomic mass is 32.1. The lowest BCUT2D eigenvalue weighted by Gasteiger charge is -2.10. The molecule has 0 saturated heterocycles. The highest BCUT2D eigenvalue weighted by Crippen LogP contribution is 2.25. The van der Waals surface area contributed by atoms with E-state index in [9.17, 15) is 9.18 Å². The largest absolute Gasteiger partial charge is 0.495 e. The monoisotopic (exact) mass is 370 g/mol. The fraction of sp³-hybridized carbons (Fsp3) is 0.250. The van der Waals surface area contributed by atoms with Crippen LogP contribution < -0.4 is 4.74 Å². The van der Waals surface area contributed by atoms with Gasteiger partial charge in [-0.2, -0.15) is 0 Å². The van der Waals surface area contributed by atoms with Gasteiger partial charge in [0, 0.05) is 35.4 Å². The molecule has 0 unspecified atom stereocenters. The molecule has 0 spiro atoms. The Labute approximate surface area is 155 Å². The molecule has 26 heavy (non-hydrogen) atoms. The number of halogens is 1. The lowest BCUT2D eigenvalue weighted by molar-refractivity contribution is -0.118. The van der Waals surface area contributed by atoms with Crippen molar-refractivity contribution in [3.63, 3.8) is 0 Å². The number of rotatable bonds is 7. The molecule has 2 aromatic heterocycles. The number of pyridine rings is 1. The highest BCUT2D eigenvalue weighted by molar-refractivity contribution is 7.13. The average molecular weight is 370 g/mol. The van der Waals surface area contributed by atoms with Gasteiger partial charge in [-0.05, 0) is 36.4 Å². The maximum absolute atomic E-state index is 13.0. The molecule has 1 aromatic carbocycles. The van der Waals surface area contributed by atoms with E-state index in [0.29, 0.717) is 12.2 Å². The van der Waals surface area contributed by atoms with Crippen LogP contribution in [0.15, 0.2) is 48.0 Å². The van der Waals surface area contributed by atoms with Crippen molar-refractivity contribution >= 4 is 17.1 Å². The molecule has 2 heterocycles. The zero-order valence-electron chi connectivity index (χ0n) is 14.6. The number of carbonyl (C=O) groups excluding carboxylic acids is 1. The summed E-state index contributed by atoms with van der Waals surface area (Å²) < 4.78 is 18.1. The summed E-state index contributed by atoms with van der Waals surface area (Å²) in [6, 6.07) is 9.93. The molecule has 0 fully saturated rings. The first-order valence-electron chi connectivity index (χ1n) is 8.27. The maximum Gasteiger partial charge on any atom is 0.139 e. The number of aromatic nitrogens is 2. The number of hydrogen-bond donors (Lipinski definition) is 0. The Hall–Kier alpha value is -2.60. The number of ether oxygens (including phenoxy) is 1. The number of thiazole rings is 1. The summed E-state index contributed by atoms with van der Waals surface area (Å²) in [4.78, 5) is 21.2. The highest BCUT2D eigenvalue weighted by Gasteiger charge is 2.15. The number of benzene rings is 1. The third-order valence-electron chi connectivity index (χ3n) is 4.05. The SMILES string of the molecule is COc1ccc([C@@H](C)CC(=O)Cc2csc(-c3ccc(F)cc3)n2)nc1. The van der Waals surface area contributed by atoms with E-state index in [4.69, 9.17) is 4.74 Å². The summed E-state index contributed by atoms with van der Waals surface area (Å²) in [6.45, 7) is 1.98. The van der Waals surface area contributed by atoms with E-state index >= 15 is 0 Å². The van der Waals surface area contributed by atoms with Gasteiger partial charge in [0.15, 0.2) is 0 Å². The standard InChI is InChI=1S/C20H19FN2O2S/c1-13(19-8-7-18(25-2)11-22-19)9-17(24)10-16-12-26-20(23-16)14-3-5-15(21)6-4-14/h3-8,11-13H,9-10H2,1-2H3/t13-/m0/s1. The third kappa shape index (κ3) is 4.52. The van der Waals surface area contributed by atoms with E-state index in [0.717, 1.165) is 22.0 Å². The Morgan fingerprint density at radius 3 is 2.65 bits per heavy atom. The van der Waals surface area contributed by atoms with Gasteiger partial charge in [-0.1, -0.05) is 6.92 Å². The van der Waals surface area contributed by atoms with E-state index in [-0.39, 0.29) is 23.9 Å². The van der Waals surface area contributed by atoms with E-state index in [2.05, 4.69) is 9.97 Å². The van der Waals surface area contributed by atoms with E-state index in [1.807, 2.05) is 24.4 Å². The lowest BCUT2D eigenvalue weighted by Crippen LogP contribution is -2.09. The zero-order chi connectivity index (χ0) is 18.5. The lowest BCUT2D eigenvalue weighted by atomic mass is 9.98. The molecule has 3 rings (SSSR count). The quantitative estimate of drug-likeness (QED) is 0.607. The first kappa shape index (κ1) is 18.2. The second kappa shape index (κ2) is 8.19. The van der Waals surface area contributed by atoms with Gasteiger partial charge < -0.3 is 4.74 Å². The Kier molecular flexibility index (Phi) is 5.73. The first-order valence-corrected chi connectivity index (χ1v) is 9.15. The van der Waals surface area contributed by atoms with Crippen LogP contribution in [0.5, 0.6) is 5.75 Å². The molecule has 6 heteroatoms. The summed E-state index contributed by atoms with van der Waals surface area (Å²) in [6.07, 6.45) is 2.35. The van der Waals surface area contributed by atoms with Gasteiger partial charge in [0.05, 0.1) is 19.0 Å². The van der Waals surface area contributed by atoms with Crippen molar-refractivity contribution < 1.29 is 13.9 Å². The molecule has 134 valence electrons. The van der Waals surface area contributed by atoms with Crippen LogP contribution in [0.2, 0.25) is 0 Å². The van der Waals surface area contributed by atoms with Crippen molar-refractivity contribution in [3.8, 4) is 16.3 Å². The minimum atomic E-state index is -0.276. The maximum atomic E-state index is 13.0. The van der Waals surface area contributed by atoms with Gasteiger partial charge in [-0.15, -0.1) is 11.3 Å². The summed E-state index contributed by atoms with van der Waals surface area (Å²) >= 11 is 1.46. The number of Topliss-reactive ketones (excluding diaryl/α,β-unsaturated/α-hetero) is 1. The van der Waals surface area contributed by atoms with Crippen molar-refractivity contribution in [2.24, 2.45) is 0 Å². The molecule has 1 atom stereocenters. The molecule has 0 saturated carbocycles. The van der Waals surface area contributed by atoms with E-state index in [1.54, 1.807) is 25.4 Å². The van der Waals surface area contributed by atoms with Crippen LogP contribution in [-0.4, -0.2) is 22.9 Å². The Morgan fingerprint density at radius 1 is 1.23 bits per heavy atom. The number of carbonyl (C=O) groups is 1. The van der Waals surface area contributed by atoms with Crippen molar-refractivity contribution in [1.29, 1.82) is 0 Å². The number of hydrogen-bond acceptors (Lipinski definition) is 5. The molecule has 4 nitrogen and oxygen atoms in total. The molecular weight excluding hydrogens is 351 g/mol. The molecule has 3 aromatic rings. The Balaban J connectivity index is 1.60. The predicted molar refractivity (Wildman–Crippen MR) is 100 cm³/mol. The predicted octanol–water partition coefficient (Wildman–Crippen LogP) is 4.66. The van der Waals surface area contributed by atoms with Gasteiger partial charge in [0.25, 0.3) is 0 Å². The van der Waals surface area contributed by atoms with Crippen LogP contribution in [-0.2, 0) is 11.2 Å². The summed E-state index contributed by atoms with van der Waals surface area (Å²) in [5.41, 5.74) is 2.46. The number of nitrogens with zero attached hydrogens (tertiary/aromatic N) is 2. The van der Waals surface area contributed by atoms with Crippen LogP contribution in [0, 0.1) is 5.82 Å². The van der Waals surface area contributed by atoms with Gasteiger partial charge in [-0.25, -0.2) is 9.37 Å². The van der Waals surface area contributed by atoms with Gasteiger partial charge in [0.1, 0.15) is 22.4 Å². The first-order chi connectivity index (χ1) is 12.5. The van der Waals surface area contributed by atoms with Crippen LogP contribution in [0.3, 0.4) is 0 Å². The summed E-state index contributed by atoms with van der Waals surface area (Å²) in [5.74, 6) is 0.569. The normalized spacial score (nSPS) is 12.0. The average Bonchev–Trinajstić information content (AvgIpc) is 3.10. The van der Waals surface area contributed by atoms with Crippen LogP contribution >= 0.6 is 11.3 Å². The molecule has 0 aliphatic heterocycles. The van der Waals surface area contributed by atoms with Gasteiger partial charge in [0.2, 0.25) is 0 Å². The Bertz CT molecular complexity index is 876. The molecule has 0 aliphatic carbocycles. The van der Waals surface area contributed by atoms with Gasteiger partial charge >= 0.3 is 0 Å². The Morgan fingerprint density at radius 2 is 2.00 bits per heavy atom. The van der Waals surface area contributed by atoms with Gasteiger partial charge in [-0.3, -0.25) is 9.78 Å². The van der Waals surface area contributed by atoms with Crippen LogP contribution in [0.25, 0.3) is 10.6 Å². The molecular formula is C20H19FN2O2S. The molecule has 0 N–H and O–H groups in total. The second-order valence-corrected chi connectivity index (χ2v) is 6.95. The zero-order valence-corrected chi connectivity index (χ0v) is 15.4. The van der Waals surface area contributed by atoms with E-state index in [1.165, 1.54) is 23.5 Å². The smallest absolute Gasteiger partial charge is 0.139 e. The minimum Gasteiger partial charge on any atom is -0.495 e. The number of methoxy groups -OCH3 is 1. The van der Waals surface area contributed by atoms with Crippen molar-refractivity contribution in [2.75, 3.05) is 7.11 Å². The van der Waals surface area contributed by atoms with Crippen LogP contribution in [0.1, 0.15) is 30.7 Å². The van der Waals surface area contributed by atoms with Crippen molar-refractivity contribution in [1.82, 2.24) is 9.97 Å². The topological polar surface area (TPSA) is 52.1 Å². The van der Waals surface area contributed by atoms with Crippen molar-refractivity contribution in [2.45, 2.75) is 25.7 Å². The molecule has 0 amide bonds. The minimum absolute atomic E-state index is 0.0311. The second-order valence-electron chi connectivity index (χ2n) is 6.09. The third-order valence-corrected chi connectivity index (χ3v) is 5.00. The summed E-state index contributed by atoms with van der Waals surface area (Å²) in [5, 5.41) is 2.67. The molecule has 0 bridgehead atoms. The molecule has 0 aliphatic rings. The summed E-state index contributed by atoms with van der Waals surface area (Å²) in [7, 11) is 1.59. The fourth-order valence-corrected chi connectivity index (χ4v) is 3.46. The van der Waals surface area contributed by atoms with Crippen LogP contribution in [0.4, 0.5) is 4.39 Å². The fourth-order valence-electron chi connectivity index (χ4n) is 2.64. The van der Waals surface area contributed by atoms with Crippen molar-refractivity contribution in [3.05, 3.63) is 65.2 Å². The number of ketones is 1. The molecule has 0 radical (unpaired) electrons.